The maximum atomic E-state index is 9.00. The molecule has 1 aromatic carbocycles. The van der Waals surface area contributed by atoms with Gasteiger partial charge < -0.3 is 9.88 Å². The molecule has 0 aliphatic carbocycles. The highest BCUT2D eigenvalue weighted by Gasteiger charge is 2.15. The SMILES string of the molecule is CC(CNC(C)(C)C)Cn1c(CC#N)nc2ccccc21. The zero-order valence-corrected chi connectivity index (χ0v) is 13.3. The van der Waals surface area contributed by atoms with E-state index in [9.17, 15) is 0 Å². The van der Waals surface area contributed by atoms with Crippen LogP contribution in [0.25, 0.3) is 11.0 Å². The van der Waals surface area contributed by atoms with E-state index in [1.165, 1.54) is 0 Å². The van der Waals surface area contributed by atoms with Crippen molar-refractivity contribution in [2.75, 3.05) is 6.54 Å². The number of aromatic nitrogens is 2. The number of nitriles is 1. The number of para-hydroxylation sites is 2. The van der Waals surface area contributed by atoms with Gasteiger partial charge in [-0.15, -0.1) is 0 Å². The molecule has 0 spiro atoms. The number of nitrogens with zero attached hydrogens (tertiary/aromatic N) is 3. The van der Waals surface area contributed by atoms with Crippen LogP contribution in [0.15, 0.2) is 24.3 Å². The van der Waals surface area contributed by atoms with Gasteiger partial charge in [-0.05, 0) is 45.4 Å². The first-order chi connectivity index (χ1) is 9.90. The Labute approximate surface area is 126 Å². The Morgan fingerprint density at radius 1 is 1.33 bits per heavy atom. The molecule has 0 saturated carbocycles. The number of fused-ring (bicyclic) bond motifs is 1. The fourth-order valence-corrected chi connectivity index (χ4v) is 2.39. The Morgan fingerprint density at radius 3 is 2.71 bits per heavy atom. The lowest BCUT2D eigenvalue weighted by atomic mass is 10.1. The predicted molar refractivity (Wildman–Crippen MR) is 86.0 cm³/mol. The van der Waals surface area contributed by atoms with Crippen molar-refractivity contribution in [3.63, 3.8) is 0 Å². The van der Waals surface area contributed by atoms with Crippen LogP contribution in [0.4, 0.5) is 0 Å². The summed E-state index contributed by atoms with van der Waals surface area (Å²) in [4.78, 5) is 4.58. The van der Waals surface area contributed by atoms with Crippen molar-refractivity contribution in [2.24, 2.45) is 5.92 Å². The van der Waals surface area contributed by atoms with Crippen molar-refractivity contribution in [3.8, 4) is 6.07 Å². The zero-order valence-electron chi connectivity index (χ0n) is 13.3. The first-order valence-corrected chi connectivity index (χ1v) is 7.47. The fraction of sp³-hybridized carbons (Fsp3) is 0.529. The Kier molecular flexibility index (Phi) is 4.64. The van der Waals surface area contributed by atoms with Crippen LogP contribution >= 0.6 is 0 Å². The molecule has 112 valence electrons. The van der Waals surface area contributed by atoms with Gasteiger partial charge in [0.25, 0.3) is 0 Å². The maximum Gasteiger partial charge on any atom is 0.124 e. The van der Waals surface area contributed by atoms with E-state index < -0.39 is 0 Å². The quantitative estimate of drug-likeness (QED) is 0.917. The van der Waals surface area contributed by atoms with Crippen LogP contribution in [-0.4, -0.2) is 21.6 Å². The first-order valence-electron chi connectivity index (χ1n) is 7.47. The van der Waals surface area contributed by atoms with Gasteiger partial charge in [-0.25, -0.2) is 4.98 Å². The Balaban J connectivity index is 2.20. The lowest BCUT2D eigenvalue weighted by Crippen LogP contribution is -2.39. The summed E-state index contributed by atoms with van der Waals surface area (Å²) in [6, 6.07) is 10.3. The molecular formula is C17H24N4. The molecular weight excluding hydrogens is 260 g/mol. The molecule has 1 heterocycles. The first kappa shape index (κ1) is 15.5. The fourth-order valence-electron chi connectivity index (χ4n) is 2.39. The lowest BCUT2D eigenvalue weighted by Gasteiger charge is -2.24. The third-order valence-electron chi connectivity index (χ3n) is 3.45. The van der Waals surface area contributed by atoms with E-state index in [2.05, 4.69) is 54.7 Å². The second-order valence-electron chi connectivity index (χ2n) is 6.70. The van der Waals surface area contributed by atoms with E-state index in [1.54, 1.807) is 0 Å². The van der Waals surface area contributed by atoms with Gasteiger partial charge in [-0.2, -0.15) is 5.26 Å². The maximum absolute atomic E-state index is 9.00. The molecule has 0 aliphatic rings. The minimum atomic E-state index is 0.126. The molecule has 2 rings (SSSR count). The Bertz CT molecular complexity index is 643. The van der Waals surface area contributed by atoms with E-state index in [1.807, 2.05) is 18.2 Å². The third kappa shape index (κ3) is 4.05. The van der Waals surface area contributed by atoms with Gasteiger partial charge in [0, 0.05) is 12.1 Å². The number of hydrogen-bond acceptors (Lipinski definition) is 3. The van der Waals surface area contributed by atoms with Gasteiger partial charge in [0.15, 0.2) is 0 Å². The van der Waals surface area contributed by atoms with Gasteiger partial charge >= 0.3 is 0 Å². The predicted octanol–water partition coefficient (Wildman–Crippen LogP) is 3.13. The number of benzene rings is 1. The van der Waals surface area contributed by atoms with Crippen LogP contribution < -0.4 is 5.32 Å². The van der Waals surface area contributed by atoms with Gasteiger partial charge in [0.2, 0.25) is 0 Å². The van der Waals surface area contributed by atoms with E-state index in [-0.39, 0.29) is 5.54 Å². The molecule has 1 aromatic heterocycles. The van der Waals surface area contributed by atoms with Crippen LogP contribution in [-0.2, 0) is 13.0 Å². The molecule has 0 fully saturated rings. The Hall–Kier alpha value is -1.86. The van der Waals surface area contributed by atoms with Gasteiger partial charge in [0.05, 0.1) is 23.5 Å². The van der Waals surface area contributed by atoms with Crippen LogP contribution in [0.5, 0.6) is 0 Å². The molecule has 0 amide bonds. The molecule has 4 nitrogen and oxygen atoms in total. The molecule has 0 bridgehead atoms. The highest BCUT2D eigenvalue weighted by Crippen LogP contribution is 2.18. The van der Waals surface area contributed by atoms with Gasteiger partial charge in [0.1, 0.15) is 5.82 Å². The summed E-state index contributed by atoms with van der Waals surface area (Å²) in [5.41, 5.74) is 2.21. The summed E-state index contributed by atoms with van der Waals surface area (Å²) < 4.78 is 2.19. The van der Waals surface area contributed by atoms with Crippen molar-refractivity contribution in [1.29, 1.82) is 5.26 Å². The summed E-state index contributed by atoms with van der Waals surface area (Å²) in [6.07, 6.45) is 0.355. The topological polar surface area (TPSA) is 53.6 Å². The number of hydrogen-bond donors (Lipinski definition) is 1. The van der Waals surface area contributed by atoms with Crippen LogP contribution in [0.1, 0.15) is 33.5 Å². The monoisotopic (exact) mass is 284 g/mol. The van der Waals surface area contributed by atoms with E-state index in [0.717, 1.165) is 29.9 Å². The molecule has 1 unspecified atom stereocenters. The van der Waals surface area contributed by atoms with Crippen molar-refractivity contribution < 1.29 is 0 Å². The second-order valence-corrected chi connectivity index (χ2v) is 6.70. The molecule has 2 aromatic rings. The number of rotatable bonds is 5. The molecule has 4 heteroatoms. The van der Waals surface area contributed by atoms with E-state index in [4.69, 9.17) is 5.26 Å². The van der Waals surface area contributed by atoms with Crippen molar-refractivity contribution >= 4 is 11.0 Å². The summed E-state index contributed by atoms with van der Waals surface area (Å²) in [7, 11) is 0. The number of imidazole rings is 1. The standard InChI is InChI=1S/C17H24N4/c1-13(11-19-17(2,3)4)12-21-15-8-6-5-7-14(15)20-16(21)9-10-18/h5-8,13,19H,9,11-12H2,1-4H3. The van der Waals surface area contributed by atoms with Gasteiger partial charge in [-0.1, -0.05) is 19.1 Å². The van der Waals surface area contributed by atoms with Crippen molar-refractivity contribution in [3.05, 3.63) is 30.1 Å². The molecule has 1 atom stereocenters. The minimum absolute atomic E-state index is 0.126. The molecule has 0 aliphatic heterocycles. The van der Waals surface area contributed by atoms with Crippen molar-refractivity contribution in [2.45, 2.75) is 46.2 Å². The van der Waals surface area contributed by atoms with Crippen LogP contribution in [0.2, 0.25) is 0 Å². The average Bonchev–Trinajstić information content (AvgIpc) is 2.75. The average molecular weight is 284 g/mol. The third-order valence-corrected chi connectivity index (χ3v) is 3.45. The molecule has 0 radical (unpaired) electrons. The Morgan fingerprint density at radius 2 is 2.05 bits per heavy atom. The minimum Gasteiger partial charge on any atom is -0.327 e. The lowest BCUT2D eigenvalue weighted by molar-refractivity contribution is 0.360. The van der Waals surface area contributed by atoms with Crippen LogP contribution in [0.3, 0.4) is 0 Å². The summed E-state index contributed by atoms with van der Waals surface area (Å²) in [6.45, 7) is 10.6. The zero-order chi connectivity index (χ0) is 15.5. The van der Waals surface area contributed by atoms with E-state index in [0.29, 0.717) is 12.3 Å². The summed E-state index contributed by atoms with van der Waals surface area (Å²) in [5.74, 6) is 1.33. The van der Waals surface area contributed by atoms with Gasteiger partial charge in [-0.3, -0.25) is 0 Å². The van der Waals surface area contributed by atoms with Crippen LogP contribution in [0, 0.1) is 17.2 Å². The summed E-state index contributed by atoms with van der Waals surface area (Å²) in [5, 5.41) is 12.5. The highest BCUT2D eigenvalue weighted by molar-refractivity contribution is 5.75. The molecule has 1 N–H and O–H groups in total. The van der Waals surface area contributed by atoms with Crippen molar-refractivity contribution in [1.82, 2.24) is 14.9 Å². The summed E-state index contributed by atoms with van der Waals surface area (Å²) >= 11 is 0. The smallest absolute Gasteiger partial charge is 0.124 e. The highest BCUT2D eigenvalue weighted by atomic mass is 15.1. The normalized spacial score (nSPS) is 13.3. The second kappa shape index (κ2) is 6.28. The largest absolute Gasteiger partial charge is 0.327 e. The van der Waals surface area contributed by atoms with E-state index >= 15 is 0 Å². The number of nitrogens with one attached hydrogen (secondary N) is 1. The molecule has 0 saturated heterocycles. The molecule has 21 heavy (non-hydrogen) atoms.